The summed E-state index contributed by atoms with van der Waals surface area (Å²) >= 11 is 1.13. The number of carboxylic acids is 1. The second-order valence-corrected chi connectivity index (χ2v) is 6.88. The summed E-state index contributed by atoms with van der Waals surface area (Å²) in [6, 6.07) is 0. The Morgan fingerprint density at radius 3 is 2.78 bits per heavy atom. The highest BCUT2D eigenvalue weighted by Crippen LogP contribution is 2.14. The zero-order valence-corrected chi connectivity index (χ0v) is 11.4. The van der Waals surface area contributed by atoms with Crippen LogP contribution in [0.25, 0.3) is 0 Å². The van der Waals surface area contributed by atoms with Gasteiger partial charge in [0, 0.05) is 11.5 Å². The van der Waals surface area contributed by atoms with Crippen LogP contribution in [-0.4, -0.2) is 57.0 Å². The number of aromatic nitrogens is 4. The first-order valence-corrected chi connectivity index (χ1v) is 8.06. The number of thioether (sulfide) groups is 1. The smallest absolute Gasteiger partial charge is 0.325 e. The van der Waals surface area contributed by atoms with Crippen LogP contribution in [0, 0.1) is 0 Å². The molecule has 0 aliphatic carbocycles. The van der Waals surface area contributed by atoms with Crippen molar-refractivity contribution in [3.63, 3.8) is 0 Å². The molecule has 8 nitrogen and oxygen atoms in total. The summed E-state index contributed by atoms with van der Waals surface area (Å²) in [5, 5.41) is 19.4. The molecule has 0 atom stereocenters. The molecule has 0 saturated heterocycles. The van der Waals surface area contributed by atoms with E-state index in [0.717, 1.165) is 16.4 Å². The van der Waals surface area contributed by atoms with E-state index >= 15 is 0 Å². The Morgan fingerprint density at radius 1 is 1.44 bits per heavy atom. The van der Waals surface area contributed by atoms with E-state index in [1.165, 1.54) is 0 Å². The van der Waals surface area contributed by atoms with Crippen LogP contribution < -0.4 is 0 Å². The quantitative estimate of drug-likeness (QED) is 0.648. The van der Waals surface area contributed by atoms with Crippen molar-refractivity contribution in [2.75, 3.05) is 17.3 Å². The minimum absolute atomic E-state index is 0.0332. The maximum Gasteiger partial charge on any atom is 0.325 e. The third-order valence-electron chi connectivity index (χ3n) is 1.92. The zero-order valence-electron chi connectivity index (χ0n) is 9.81. The molecule has 0 amide bonds. The first kappa shape index (κ1) is 14.9. The van der Waals surface area contributed by atoms with Gasteiger partial charge in [0.1, 0.15) is 6.54 Å². The van der Waals surface area contributed by atoms with Gasteiger partial charge in [0.25, 0.3) is 0 Å². The molecule has 102 valence electrons. The van der Waals surface area contributed by atoms with Gasteiger partial charge >= 0.3 is 5.97 Å². The summed E-state index contributed by atoms with van der Waals surface area (Å²) in [6.07, 6.45) is 0.587. The number of nitrogens with zero attached hydrogens (tertiary/aromatic N) is 4. The number of hydrogen-bond donors (Lipinski definition) is 1. The Bertz CT molecular complexity index is 499. The van der Waals surface area contributed by atoms with Gasteiger partial charge in [-0.2, -0.15) is 0 Å². The molecule has 1 aromatic rings. The van der Waals surface area contributed by atoms with E-state index < -0.39 is 15.8 Å². The van der Waals surface area contributed by atoms with E-state index in [0.29, 0.717) is 17.3 Å². The summed E-state index contributed by atoms with van der Waals surface area (Å²) in [6.45, 7) is 1.47. The molecule has 0 aromatic carbocycles. The third-order valence-corrected chi connectivity index (χ3v) is 5.00. The largest absolute Gasteiger partial charge is 0.480 e. The molecular formula is C8H14N4O4S2. The summed E-state index contributed by atoms with van der Waals surface area (Å²) in [7, 11) is -3.04. The Balaban J connectivity index is 2.49. The van der Waals surface area contributed by atoms with Gasteiger partial charge in [-0.15, -0.1) is 5.10 Å². The van der Waals surface area contributed by atoms with E-state index in [4.69, 9.17) is 5.11 Å². The zero-order chi connectivity index (χ0) is 13.6. The van der Waals surface area contributed by atoms with Crippen LogP contribution in [0.4, 0.5) is 0 Å². The van der Waals surface area contributed by atoms with E-state index in [1.54, 1.807) is 6.92 Å². The lowest BCUT2D eigenvalue weighted by molar-refractivity contribution is -0.138. The van der Waals surface area contributed by atoms with Crippen molar-refractivity contribution in [2.24, 2.45) is 0 Å². The molecule has 1 rings (SSSR count). The number of rotatable bonds is 8. The monoisotopic (exact) mass is 294 g/mol. The molecule has 1 heterocycles. The van der Waals surface area contributed by atoms with E-state index in [1.807, 2.05) is 0 Å². The Morgan fingerprint density at radius 2 is 2.17 bits per heavy atom. The van der Waals surface area contributed by atoms with Gasteiger partial charge in [0.15, 0.2) is 9.84 Å². The van der Waals surface area contributed by atoms with Crippen LogP contribution in [0.1, 0.15) is 13.3 Å². The Labute approximate surface area is 109 Å². The van der Waals surface area contributed by atoms with Crippen molar-refractivity contribution < 1.29 is 18.3 Å². The van der Waals surface area contributed by atoms with Gasteiger partial charge in [-0.25, -0.2) is 13.1 Å². The lowest BCUT2D eigenvalue weighted by Gasteiger charge is -2.02. The number of carboxylic acid groups (broad SMARTS) is 1. The lowest BCUT2D eigenvalue weighted by atomic mass is 10.6. The molecule has 10 heteroatoms. The fraction of sp³-hybridized carbons (Fsp3) is 0.750. The van der Waals surface area contributed by atoms with Crippen LogP contribution in [0.2, 0.25) is 0 Å². The van der Waals surface area contributed by atoms with Crippen LogP contribution in [0.3, 0.4) is 0 Å². The van der Waals surface area contributed by atoms with Gasteiger partial charge in [0.2, 0.25) is 5.16 Å². The molecule has 18 heavy (non-hydrogen) atoms. The molecule has 1 N–H and O–H groups in total. The van der Waals surface area contributed by atoms with E-state index in [2.05, 4.69) is 15.5 Å². The highest BCUT2D eigenvalue weighted by atomic mass is 32.2. The first-order valence-electron chi connectivity index (χ1n) is 5.26. The van der Waals surface area contributed by atoms with Crippen LogP contribution in [0.15, 0.2) is 5.16 Å². The SMILES string of the molecule is CCCS(=O)(=O)CCSc1nnnn1CC(=O)O. The number of hydrogen-bond acceptors (Lipinski definition) is 7. The molecule has 0 spiro atoms. The highest BCUT2D eigenvalue weighted by molar-refractivity contribution is 8.00. The van der Waals surface area contributed by atoms with Crippen LogP contribution >= 0.6 is 11.8 Å². The normalized spacial score (nSPS) is 11.6. The number of carbonyl (C=O) groups is 1. The molecule has 0 saturated carbocycles. The van der Waals surface area contributed by atoms with Crippen LogP contribution in [0.5, 0.6) is 0 Å². The Hall–Kier alpha value is -1.16. The number of aliphatic carboxylic acids is 1. The average molecular weight is 294 g/mol. The van der Waals surface area contributed by atoms with Crippen molar-refractivity contribution in [1.82, 2.24) is 20.2 Å². The van der Waals surface area contributed by atoms with Crippen molar-refractivity contribution >= 4 is 27.6 Å². The predicted octanol–water partition coefficient (Wildman–Crippen LogP) is -0.325. The van der Waals surface area contributed by atoms with Crippen molar-refractivity contribution in [3.05, 3.63) is 0 Å². The molecule has 0 aliphatic heterocycles. The van der Waals surface area contributed by atoms with Gasteiger partial charge in [-0.05, 0) is 16.8 Å². The minimum atomic E-state index is -3.04. The van der Waals surface area contributed by atoms with Gasteiger partial charge < -0.3 is 5.11 Å². The summed E-state index contributed by atoms with van der Waals surface area (Å²) < 4.78 is 24.0. The highest BCUT2D eigenvalue weighted by Gasteiger charge is 2.13. The lowest BCUT2D eigenvalue weighted by Crippen LogP contribution is -2.14. The molecule has 0 radical (unpaired) electrons. The van der Waals surface area contributed by atoms with Crippen molar-refractivity contribution in [1.29, 1.82) is 0 Å². The molecule has 0 unspecified atom stereocenters. The molecular weight excluding hydrogens is 280 g/mol. The average Bonchev–Trinajstić information content (AvgIpc) is 2.64. The summed E-state index contributed by atoms with van der Waals surface area (Å²) in [5.41, 5.74) is 0. The minimum Gasteiger partial charge on any atom is -0.480 e. The molecule has 1 aromatic heterocycles. The maximum absolute atomic E-state index is 11.5. The van der Waals surface area contributed by atoms with E-state index in [9.17, 15) is 13.2 Å². The summed E-state index contributed by atoms with van der Waals surface area (Å²) in [5.74, 6) is -0.552. The molecule has 0 fully saturated rings. The molecule has 0 bridgehead atoms. The fourth-order valence-corrected chi connectivity index (χ4v) is 3.90. The predicted molar refractivity (Wildman–Crippen MR) is 65.1 cm³/mol. The van der Waals surface area contributed by atoms with Gasteiger partial charge in [-0.3, -0.25) is 4.79 Å². The number of sulfone groups is 1. The maximum atomic E-state index is 11.5. The fourth-order valence-electron chi connectivity index (χ4n) is 1.20. The second-order valence-electron chi connectivity index (χ2n) is 3.51. The Kier molecular flexibility index (Phi) is 5.54. The standard InChI is InChI=1S/C8H14N4O4S2/c1-2-4-18(15,16)5-3-17-8-9-10-11-12(8)6-7(13)14/h2-6H2,1H3,(H,13,14). The van der Waals surface area contributed by atoms with Crippen molar-refractivity contribution in [3.8, 4) is 0 Å². The summed E-state index contributed by atoms with van der Waals surface area (Å²) in [4.78, 5) is 10.5. The first-order chi connectivity index (χ1) is 8.44. The third kappa shape index (κ3) is 5.00. The molecule has 0 aliphatic rings. The topological polar surface area (TPSA) is 115 Å². The van der Waals surface area contributed by atoms with E-state index in [-0.39, 0.29) is 18.1 Å². The second kappa shape index (κ2) is 6.69. The van der Waals surface area contributed by atoms with Gasteiger partial charge in [-0.1, -0.05) is 18.7 Å². The van der Waals surface area contributed by atoms with Gasteiger partial charge in [0.05, 0.1) is 5.75 Å². The number of tetrazole rings is 1. The van der Waals surface area contributed by atoms with Crippen LogP contribution in [-0.2, 0) is 21.2 Å². The van der Waals surface area contributed by atoms with Crippen molar-refractivity contribution in [2.45, 2.75) is 25.0 Å².